The summed E-state index contributed by atoms with van der Waals surface area (Å²) in [6, 6.07) is 5.17. The lowest BCUT2D eigenvalue weighted by Crippen LogP contribution is -2.38. The van der Waals surface area contributed by atoms with Crippen molar-refractivity contribution in [3.8, 4) is 0 Å². The lowest BCUT2D eigenvalue weighted by molar-refractivity contribution is -0.137. The van der Waals surface area contributed by atoms with Crippen LogP contribution in [0.15, 0.2) is 29.3 Å². The maximum atomic E-state index is 12.6. The molecule has 1 aromatic carbocycles. The van der Waals surface area contributed by atoms with Gasteiger partial charge in [0.15, 0.2) is 5.96 Å². The Morgan fingerprint density at radius 3 is 2.31 bits per heavy atom. The molecule has 0 spiro atoms. The minimum Gasteiger partial charge on any atom is -0.352 e. The Morgan fingerprint density at radius 1 is 1.23 bits per heavy atom. The van der Waals surface area contributed by atoms with Crippen LogP contribution in [0.4, 0.5) is 13.2 Å². The van der Waals surface area contributed by atoms with Crippen molar-refractivity contribution in [2.75, 3.05) is 14.1 Å². The molecule has 0 aliphatic heterocycles. The first-order valence-electron chi connectivity index (χ1n) is 8.20. The summed E-state index contributed by atoms with van der Waals surface area (Å²) in [5, 5.41) is 7.67. The average Bonchev–Trinajstić information content (AvgIpc) is 2.81. The van der Waals surface area contributed by atoms with Crippen molar-refractivity contribution in [3.63, 3.8) is 0 Å². The number of aryl methyl sites for hydroxylation is 2. The fourth-order valence-corrected chi connectivity index (χ4v) is 2.77. The van der Waals surface area contributed by atoms with E-state index in [0.717, 1.165) is 34.6 Å². The van der Waals surface area contributed by atoms with Gasteiger partial charge >= 0.3 is 6.18 Å². The molecule has 8 heteroatoms. The van der Waals surface area contributed by atoms with Crippen molar-refractivity contribution >= 4 is 5.96 Å². The molecule has 26 heavy (non-hydrogen) atoms. The Hall–Kier alpha value is -2.51. The molecule has 142 valence electrons. The van der Waals surface area contributed by atoms with Gasteiger partial charge < -0.3 is 10.2 Å². The SMILES string of the molecule is CN=C(NCc1c(C)nn(C)c1C)N(C)Cc1ccc(C(F)(F)F)cc1. The fourth-order valence-electron chi connectivity index (χ4n) is 2.77. The zero-order valence-corrected chi connectivity index (χ0v) is 15.6. The summed E-state index contributed by atoms with van der Waals surface area (Å²) in [5.74, 6) is 0.660. The molecule has 1 N–H and O–H groups in total. The molecule has 0 saturated heterocycles. The van der Waals surface area contributed by atoms with E-state index in [1.165, 1.54) is 12.1 Å². The van der Waals surface area contributed by atoms with Crippen molar-refractivity contribution in [3.05, 3.63) is 52.3 Å². The van der Waals surface area contributed by atoms with E-state index in [-0.39, 0.29) is 0 Å². The van der Waals surface area contributed by atoms with Gasteiger partial charge in [-0.1, -0.05) is 12.1 Å². The number of aliphatic imine (C=N–C) groups is 1. The highest BCUT2D eigenvalue weighted by atomic mass is 19.4. The molecule has 0 bridgehead atoms. The highest BCUT2D eigenvalue weighted by molar-refractivity contribution is 5.79. The van der Waals surface area contributed by atoms with Crippen LogP contribution in [0.3, 0.4) is 0 Å². The molecule has 0 radical (unpaired) electrons. The second-order valence-electron chi connectivity index (χ2n) is 6.22. The van der Waals surface area contributed by atoms with Gasteiger partial charge in [0.25, 0.3) is 0 Å². The predicted octanol–water partition coefficient (Wildman–Crippen LogP) is 3.26. The third kappa shape index (κ3) is 4.56. The number of benzene rings is 1. The van der Waals surface area contributed by atoms with E-state index >= 15 is 0 Å². The second kappa shape index (κ2) is 7.80. The van der Waals surface area contributed by atoms with Crippen LogP contribution in [-0.4, -0.2) is 34.7 Å². The van der Waals surface area contributed by atoms with Crippen molar-refractivity contribution in [2.24, 2.45) is 12.0 Å². The molecule has 2 aromatic rings. The first-order chi connectivity index (χ1) is 12.1. The molecule has 0 unspecified atom stereocenters. The molecule has 1 aromatic heterocycles. The first-order valence-corrected chi connectivity index (χ1v) is 8.20. The Bertz CT molecular complexity index is 775. The maximum absolute atomic E-state index is 12.6. The number of aromatic nitrogens is 2. The van der Waals surface area contributed by atoms with E-state index in [2.05, 4.69) is 15.4 Å². The highest BCUT2D eigenvalue weighted by Crippen LogP contribution is 2.29. The second-order valence-corrected chi connectivity index (χ2v) is 6.22. The van der Waals surface area contributed by atoms with Crippen LogP contribution in [0.5, 0.6) is 0 Å². The van der Waals surface area contributed by atoms with Crippen molar-refractivity contribution in [1.29, 1.82) is 0 Å². The van der Waals surface area contributed by atoms with E-state index in [0.29, 0.717) is 19.0 Å². The Balaban J connectivity index is 2.01. The normalized spacial score (nSPS) is 12.4. The van der Waals surface area contributed by atoms with Crippen LogP contribution in [0.2, 0.25) is 0 Å². The van der Waals surface area contributed by atoms with Gasteiger partial charge in [0.2, 0.25) is 0 Å². The quantitative estimate of drug-likeness (QED) is 0.666. The molecule has 5 nitrogen and oxygen atoms in total. The van der Waals surface area contributed by atoms with Gasteiger partial charge in [-0.15, -0.1) is 0 Å². The average molecular weight is 367 g/mol. The standard InChI is InChI=1S/C18H24F3N5/c1-12-16(13(2)26(5)24-12)10-23-17(22-3)25(4)11-14-6-8-15(9-7-14)18(19,20)21/h6-9H,10-11H2,1-5H3,(H,22,23). The summed E-state index contributed by atoms with van der Waals surface area (Å²) in [4.78, 5) is 6.11. The topological polar surface area (TPSA) is 45.5 Å². The monoisotopic (exact) mass is 367 g/mol. The van der Waals surface area contributed by atoms with Gasteiger partial charge in [0.1, 0.15) is 0 Å². The van der Waals surface area contributed by atoms with Gasteiger partial charge in [-0.2, -0.15) is 18.3 Å². The number of alkyl halides is 3. The number of hydrogen-bond donors (Lipinski definition) is 1. The maximum Gasteiger partial charge on any atom is 0.416 e. The molecular weight excluding hydrogens is 343 g/mol. The molecule has 1 heterocycles. The molecule has 0 aliphatic carbocycles. The summed E-state index contributed by atoms with van der Waals surface area (Å²) >= 11 is 0. The van der Waals surface area contributed by atoms with Crippen LogP contribution >= 0.6 is 0 Å². The number of nitrogens with one attached hydrogen (secondary N) is 1. The number of halogens is 3. The Labute approximate surface area is 151 Å². The minimum atomic E-state index is -4.32. The Kier molecular flexibility index (Phi) is 5.94. The summed E-state index contributed by atoms with van der Waals surface area (Å²) in [6.07, 6.45) is -4.32. The molecule has 0 fully saturated rings. The smallest absolute Gasteiger partial charge is 0.352 e. The molecule has 0 aliphatic rings. The fraction of sp³-hybridized carbons (Fsp3) is 0.444. The van der Waals surface area contributed by atoms with Gasteiger partial charge in [-0.25, -0.2) is 0 Å². The van der Waals surface area contributed by atoms with Crippen LogP contribution < -0.4 is 5.32 Å². The van der Waals surface area contributed by atoms with Gasteiger partial charge in [0.05, 0.1) is 11.3 Å². The van der Waals surface area contributed by atoms with E-state index in [9.17, 15) is 13.2 Å². The molecule has 0 amide bonds. The predicted molar refractivity (Wildman–Crippen MR) is 95.8 cm³/mol. The number of guanidine groups is 1. The van der Waals surface area contributed by atoms with Gasteiger partial charge in [-0.3, -0.25) is 9.67 Å². The molecular formula is C18H24F3N5. The summed E-state index contributed by atoms with van der Waals surface area (Å²) in [5.41, 5.74) is 3.27. The van der Waals surface area contributed by atoms with Gasteiger partial charge in [-0.05, 0) is 31.5 Å². The number of hydrogen-bond acceptors (Lipinski definition) is 2. The lowest BCUT2D eigenvalue weighted by Gasteiger charge is -2.22. The summed E-state index contributed by atoms with van der Waals surface area (Å²) in [6.45, 7) is 4.99. The lowest BCUT2D eigenvalue weighted by atomic mass is 10.1. The van der Waals surface area contributed by atoms with Crippen LogP contribution in [0.25, 0.3) is 0 Å². The third-order valence-corrected chi connectivity index (χ3v) is 4.36. The summed E-state index contributed by atoms with van der Waals surface area (Å²) < 4.78 is 39.8. The van der Waals surface area contributed by atoms with Crippen LogP contribution in [0.1, 0.15) is 28.1 Å². The van der Waals surface area contributed by atoms with Crippen molar-refractivity contribution in [2.45, 2.75) is 33.1 Å². The summed E-state index contributed by atoms with van der Waals surface area (Å²) in [7, 11) is 5.42. The largest absolute Gasteiger partial charge is 0.416 e. The Morgan fingerprint density at radius 2 is 1.85 bits per heavy atom. The number of nitrogens with zero attached hydrogens (tertiary/aromatic N) is 4. The highest BCUT2D eigenvalue weighted by Gasteiger charge is 2.29. The van der Waals surface area contributed by atoms with E-state index < -0.39 is 11.7 Å². The molecule has 0 saturated carbocycles. The van der Waals surface area contributed by atoms with Crippen molar-refractivity contribution in [1.82, 2.24) is 20.0 Å². The molecule has 2 rings (SSSR count). The van der Waals surface area contributed by atoms with E-state index in [1.807, 2.05) is 37.5 Å². The first kappa shape index (κ1) is 19.8. The van der Waals surface area contributed by atoms with Crippen LogP contribution in [-0.2, 0) is 26.3 Å². The van der Waals surface area contributed by atoms with E-state index in [4.69, 9.17) is 0 Å². The number of rotatable bonds is 4. The minimum absolute atomic E-state index is 0.447. The van der Waals surface area contributed by atoms with Gasteiger partial charge in [0, 0.05) is 45.5 Å². The van der Waals surface area contributed by atoms with E-state index in [1.54, 1.807) is 7.05 Å². The van der Waals surface area contributed by atoms with Crippen molar-refractivity contribution < 1.29 is 13.2 Å². The zero-order chi connectivity index (χ0) is 19.5. The molecule has 0 atom stereocenters. The van der Waals surface area contributed by atoms with Crippen LogP contribution in [0, 0.1) is 13.8 Å². The zero-order valence-electron chi connectivity index (χ0n) is 15.6. The third-order valence-electron chi connectivity index (χ3n) is 4.36.